The minimum atomic E-state index is 0.184. The van der Waals surface area contributed by atoms with Gasteiger partial charge in [-0.3, -0.25) is 9.69 Å². The third-order valence-electron chi connectivity index (χ3n) is 4.84. The van der Waals surface area contributed by atoms with Crippen LogP contribution in [0.25, 0.3) is 0 Å². The van der Waals surface area contributed by atoms with Crippen LogP contribution in [0.15, 0.2) is 24.0 Å². The molecule has 0 radical (unpaired) electrons. The van der Waals surface area contributed by atoms with Gasteiger partial charge in [-0.1, -0.05) is 19.4 Å². The van der Waals surface area contributed by atoms with Crippen molar-refractivity contribution < 1.29 is 4.79 Å². The Morgan fingerprint density at radius 1 is 1.36 bits per heavy atom. The first-order valence-corrected chi connectivity index (χ1v) is 8.51. The van der Waals surface area contributed by atoms with Gasteiger partial charge in [0.2, 0.25) is 5.91 Å². The lowest BCUT2D eigenvalue weighted by Gasteiger charge is -2.40. The maximum atomic E-state index is 12.8. The van der Waals surface area contributed by atoms with Crippen LogP contribution in [0, 0.1) is 0 Å². The molecular formula is C17H26N4O. The molecule has 2 aliphatic rings. The highest BCUT2D eigenvalue weighted by Crippen LogP contribution is 2.25. The lowest BCUT2D eigenvalue weighted by molar-refractivity contribution is -0.130. The van der Waals surface area contributed by atoms with Crippen LogP contribution >= 0.6 is 0 Å². The number of rotatable bonds is 3. The number of allylic oxidation sites excluding steroid dienone is 1. The number of amides is 1. The van der Waals surface area contributed by atoms with Gasteiger partial charge in [-0.15, -0.1) is 0 Å². The van der Waals surface area contributed by atoms with Crippen LogP contribution in [0.3, 0.4) is 0 Å². The number of nitrogens with one attached hydrogen (secondary N) is 1. The zero-order valence-corrected chi connectivity index (χ0v) is 13.4. The Bertz CT molecular complexity index is 523. The third-order valence-corrected chi connectivity index (χ3v) is 4.84. The summed E-state index contributed by atoms with van der Waals surface area (Å²) in [5.74, 6) is 1.21. The Morgan fingerprint density at radius 3 is 3.05 bits per heavy atom. The summed E-state index contributed by atoms with van der Waals surface area (Å²) in [5, 5.41) is 0. The van der Waals surface area contributed by atoms with Gasteiger partial charge in [0.1, 0.15) is 5.82 Å². The standard InChI is InChI=1S/C17H26N4O/c1-2-20-11-12-21(13-15(20)16-18-9-10-19-16)17(22)14-7-5-3-4-6-8-14/h7,9-10,15H,2-6,8,11-13H2,1H3,(H,18,19)/t15-/m0/s1. The molecular weight excluding hydrogens is 276 g/mol. The van der Waals surface area contributed by atoms with Gasteiger partial charge in [0.15, 0.2) is 0 Å². The summed E-state index contributed by atoms with van der Waals surface area (Å²) in [4.78, 5) is 24.9. The molecule has 0 saturated carbocycles. The predicted molar refractivity (Wildman–Crippen MR) is 86.3 cm³/mol. The number of H-pyrrole nitrogens is 1. The molecule has 5 heteroatoms. The van der Waals surface area contributed by atoms with Crippen molar-refractivity contribution in [3.05, 3.63) is 29.9 Å². The lowest BCUT2D eigenvalue weighted by atomic mass is 10.1. The first-order valence-electron chi connectivity index (χ1n) is 8.51. The van der Waals surface area contributed by atoms with E-state index in [1.165, 1.54) is 12.8 Å². The Kier molecular flexibility index (Phi) is 4.93. The number of aromatic nitrogens is 2. The quantitative estimate of drug-likeness (QED) is 0.933. The zero-order chi connectivity index (χ0) is 15.4. The molecule has 0 bridgehead atoms. The van der Waals surface area contributed by atoms with Crippen molar-refractivity contribution in [1.82, 2.24) is 19.8 Å². The fraction of sp³-hybridized carbons (Fsp3) is 0.647. The summed E-state index contributed by atoms with van der Waals surface area (Å²) in [7, 11) is 0. The Morgan fingerprint density at radius 2 is 2.27 bits per heavy atom. The number of nitrogens with zero attached hydrogens (tertiary/aromatic N) is 3. The van der Waals surface area contributed by atoms with E-state index in [0.717, 1.165) is 56.8 Å². The van der Waals surface area contributed by atoms with Crippen LogP contribution in [-0.4, -0.2) is 51.9 Å². The Balaban J connectivity index is 1.72. The fourth-order valence-electron chi connectivity index (χ4n) is 3.51. The number of hydrogen-bond donors (Lipinski definition) is 1. The van der Waals surface area contributed by atoms with Crippen LogP contribution in [-0.2, 0) is 4.79 Å². The number of piperazine rings is 1. The second-order valence-corrected chi connectivity index (χ2v) is 6.20. The molecule has 1 amide bonds. The summed E-state index contributed by atoms with van der Waals surface area (Å²) in [6, 6.07) is 0.184. The van der Waals surface area contributed by atoms with E-state index in [0.29, 0.717) is 0 Å². The van der Waals surface area contributed by atoms with E-state index in [9.17, 15) is 4.79 Å². The monoisotopic (exact) mass is 302 g/mol. The van der Waals surface area contributed by atoms with E-state index in [2.05, 4.69) is 27.9 Å². The zero-order valence-electron chi connectivity index (χ0n) is 13.4. The average molecular weight is 302 g/mol. The van der Waals surface area contributed by atoms with E-state index in [4.69, 9.17) is 0 Å². The molecule has 1 aromatic rings. The largest absolute Gasteiger partial charge is 0.347 e. The van der Waals surface area contributed by atoms with E-state index in [-0.39, 0.29) is 11.9 Å². The molecule has 1 atom stereocenters. The maximum absolute atomic E-state index is 12.8. The van der Waals surface area contributed by atoms with Crippen molar-refractivity contribution in [1.29, 1.82) is 0 Å². The van der Waals surface area contributed by atoms with Crippen LogP contribution in [0.5, 0.6) is 0 Å². The van der Waals surface area contributed by atoms with Crippen LogP contribution in [0.2, 0.25) is 0 Å². The lowest BCUT2D eigenvalue weighted by Crippen LogP contribution is -2.51. The molecule has 1 saturated heterocycles. The normalized spacial score (nSPS) is 24.0. The summed E-state index contributed by atoms with van der Waals surface area (Å²) in [6.45, 7) is 5.62. The van der Waals surface area contributed by atoms with Crippen molar-refractivity contribution in [2.45, 2.75) is 45.1 Å². The molecule has 0 unspecified atom stereocenters. The molecule has 1 aromatic heterocycles. The SMILES string of the molecule is CCN1CCN(C(=O)C2=CCCCCC2)C[C@H]1c1ncc[nH]1. The van der Waals surface area contributed by atoms with Gasteiger partial charge in [-0.25, -0.2) is 4.98 Å². The molecule has 0 aromatic carbocycles. The number of aromatic amines is 1. The van der Waals surface area contributed by atoms with E-state index in [1.807, 2.05) is 11.1 Å². The Hall–Kier alpha value is -1.62. The predicted octanol–water partition coefficient (Wildman–Crippen LogP) is 2.51. The third kappa shape index (κ3) is 3.24. The van der Waals surface area contributed by atoms with E-state index >= 15 is 0 Å². The fourth-order valence-corrected chi connectivity index (χ4v) is 3.51. The average Bonchev–Trinajstić information content (AvgIpc) is 2.96. The molecule has 1 aliphatic carbocycles. The molecule has 1 fully saturated rings. The van der Waals surface area contributed by atoms with Gasteiger partial charge < -0.3 is 9.88 Å². The van der Waals surface area contributed by atoms with Gasteiger partial charge in [0.25, 0.3) is 0 Å². The van der Waals surface area contributed by atoms with Crippen molar-refractivity contribution in [2.24, 2.45) is 0 Å². The van der Waals surface area contributed by atoms with Crippen molar-refractivity contribution in [3.8, 4) is 0 Å². The first-order chi connectivity index (χ1) is 10.8. The van der Waals surface area contributed by atoms with Gasteiger partial charge >= 0.3 is 0 Å². The maximum Gasteiger partial charge on any atom is 0.249 e. The summed E-state index contributed by atoms with van der Waals surface area (Å²) in [5.41, 5.74) is 1.03. The Labute approximate surface area is 132 Å². The van der Waals surface area contributed by atoms with Gasteiger partial charge in [-0.2, -0.15) is 0 Å². The summed E-state index contributed by atoms with van der Waals surface area (Å²) in [6.07, 6.45) is 11.4. The number of imidazole rings is 1. The molecule has 0 spiro atoms. The van der Waals surface area contributed by atoms with Gasteiger partial charge in [-0.05, 0) is 32.2 Å². The highest BCUT2D eigenvalue weighted by Gasteiger charge is 2.32. The minimum Gasteiger partial charge on any atom is -0.347 e. The van der Waals surface area contributed by atoms with Crippen molar-refractivity contribution in [2.75, 3.05) is 26.2 Å². The smallest absolute Gasteiger partial charge is 0.249 e. The topological polar surface area (TPSA) is 52.2 Å². The second kappa shape index (κ2) is 7.09. The van der Waals surface area contributed by atoms with Crippen LogP contribution in [0.4, 0.5) is 0 Å². The number of carbonyl (C=O) groups excluding carboxylic acids is 1. The van der Waals surface area contributed by atoms with Crippen molar-refractivity contribution in [3.63, 3.8) is 0 Å². The van der Waals surface area contributed by atoms with Gasteiger partial charge in [0, 0.05) is 37.6 Å². The molecule has 2 heterocycles. The molecule has 3 rings (SSSR count). The molecule has 1 N–H and O–H groups in total. The molecule has 1 aliphatic heterocycles. The first kappa shape index (κ1) is 15.3. The molecule has 120 valence electrons. The summed E-state index contributed by atoms with van der Waals surface area (Å²) < 4.78 is 0. The number of likely N-dealkylation sites (N-methyl/N-ethyl adjacent to an activating group) is 1. The second-order valence-electron chi connectivity index (χ2n) is 6.20. The number of hydrogen-bond acceptors (Lipinski definition) is 3. The van der Waals surface area contributed by atoms with Gasteiger partial charge in [0.05, 0.1) is 6.04 Å². The summed E-state index contributed by atoms with van der Waals surface area (Å²) >= 11 is 0. The molecule has 22 heavy (non-hydrogen) atoms. The van der Waals surface area contributed by atoms with Crippen LogP contribution < -0.4 is 0 Å². The van der Waals surface area contributed by atoms with E-state index in [1.54, 1.807) is 6.20 Å². The highest BCUT2D eigenvalue weighted by molar-refractivity contribution is 5.93. The minimum absolute atomic E-state index is 0.184. The van der Waals surface area contributed by atoms with Crippen molar-refractivity contribution >= 4 is 5.91 Å². The molecule has 5 nitrogen and oxygen atoms in total. The van der Waals surface area contributed by atoms with Crippen LogP contribution in [0.1, 0.15) is 50.9 Å². The highest BCUT2D eigenvalue weighted by atomic mass is 16.2. The van der Waals surface area contributed by atoms with E-state index < -0.39 is 0 Å². The number of carbonyl (C=O) groups is 1.